The van der Waals surface area contributed by atoms with Crippen molar-refractivity contribution in [3.05, 3.63) is 101 Å². The van der Waals surface area contributed by atoms with Gasteiger partial charge in [-0.2, -0.15) is 5.10 Å². The molecular formula is C37H38N10O4. The van der Waals surface area contributed by atoms with Gasteiger partial charge in [-0.3, -0.25) is 39.1 Å². The molecule has 5 aromatic rings. The van der Waals surface area contributed by atoms with Crippen LogP contribution in [0.3, 0.4) is 0 Å². The predicted octanol–water partition coefficient (Wildman–Crippen LogP) is 3.08. The Kier molecular flexibility index (Phi) is 8.52. The molecule has 7 heterocycles. The van der Waals surface area contributed by atoms with Crippen molar-refractivity contribution in [3.63, 3.8) is 0 Å². The number of benzene rings is 1. The van der Waals surface area contributed by atoms with E-state index >= 15 is 0 Å². The summed E-state index contributed by atoms with van der Waals surface area (Å²) in [5, 5.41) is 13.5. The number of imide groups is 1. The Morgan fingerprint density at radius 1 is 0.941 bits per heavy atom. The van der Waals surface area contributed by atoms with Crippen LogP contribution in [-0.4, -0.2) is 85.6 Å². The summed E-state index contributed by atoms with van der Waals surface area (Å²) in [5.41, 5.74) is 6.18. The Bertz CT molecular complexity index is 2150. The zero-order valence-corrected chi connectivity index (χ0v) is 28.2. The van der Waals surface area contributed by atoms with E-state index in [0.29, 0.717) is 43.0 Å². The molecule has 14 heteroatoms. The van der Waals surface area contributed by atoms with Gasteiger partial charge in [0.05, 0.1) is 30.4 Å². The number of pyridine rings is 2. The smallest absolute Gasteiger partial charge is 0.274 e. The van der Waals surface area contributed by atoms with Gasteiger partial charge in [0, 0.05) is 75.4 Å². The SMILES string of the molecule is C[C@@H]1CNC(=O)c2cc3ccc(C(=O)Nc4cnn(Cc5ccc(N6CCN(Cc7cncc(C8CCC(=O)NC8=O)c7)CC6)cc5)c4)nc3n21. The molecule has 0 bridgehead atoms. The van der Waals surface area contributed by atoms with E-state index in [2.05, 4.69) is 65.1 Å². The molecule has 0 spiro atoms. The Hall–Kier alpha value is -5.89. The quantitative estimate of drug-likeness (QED) is 0.209. The molecule has 1 unspecified atom stereocenters. The summed E-state index contributed by atoms with van der Waals surface area (Å²) >= 11 is 0. The molecule has 3 aliphatic rings. The van der Waals surface area contributed by atoms with Gasteiger partial charge in [0.25, 0.3) is 11.8 Å². The predicted molar refractivity (Wildman–Crippen MR) is 189 cm³/mol. The second kappa shape index (κ2) is 13.4. The Labute approximate surface area is 293 Å². The minimum absolute atomic E-state index is 0.0340. The number of aromatic nitrogens is 5. The Balaban J connectivity index is 0.837. The molecule has 2 fully saturated rings. The third kappa shape index (κ3) is 6.69. The maximum Gasteiger partial charge on any atom is 0.274 e. The van der Waals surface area contributed by atoms with E-state index in [4.69, 9.17) is 0 Å². The van der Waals surface area contributed by atoms with Gasteiger partial charge in [0.15, 0.2) is 0 Å². The minimum Gasteiger partial charge on any atom is -0.369 e. The number of hydrogen-bond acceptors (Lipinski definition) is 9. The first-order valence-corrected chi connectivity index (χ1v) is 17.2. The minimum atomic E-state index is -0.346. The van der Waals surface area contributed by atoms with Crippen molar-refractivity contribution in [1.29, 1.82) is 0 Å². The van der Waals surface area contributed by atoms with Crippen LogP contribution in [-0.2, 0) is 22.7 Å². The fourth-order valence-corrected chi connectivity index (χ4v) is 7.19. The van der Waals surface area contributed by atoms with E-state index in [9.17, 15) is 19.2 Å². The maximum atomic E-state index is 13.1. The number of nitrogens with one attached hydrogen (secondary N) is 3. The molecule has 260 valence electrons. The number of piperidine rings is 1. The van der Waals surface area contributed by atoms with E-state index in [0.717, 1.165) is 60.5 Å². The van der Waals surface area contributed by atoms with Gasteiger partial charge >= 0.3 is 0 Å². The highest BCUT2D eigenvalue weighted by molar-refractivity contribution is 6.05. The van der Waals surface area contributed by atoms with Crippen molar-refractivity contribution in [2.24, 2.45) is 0 Å². The number of piperazine rings is 1. The number of carbonyl (C=O) groups is 4. The van der Waals surface area contributed by atoms with Crippen LogP contribution in [0.5, 0.6) is 0 Å². The first-order chi connectivity index (χ1) is 24.8. The fourth-order valence-electron chi connectivity index (χ4n) is 7.19. The summed E-state index contributed by atoms with van der Waals surface area (Å²) in [7, 11) is 0. The number of fused-ring (bicyclic) bond motifs is 3. The largest absolute Gasteiger partial charge is 0.369 e. The van der Waals surface area contributed by atoms with Gasteiger partial charge in [-0.25, -0.2) is 4.98 Å². The number of amides is 4. The summed E-state index contributed by atoms with van der Waals surface area (Å²) in [6, 6.07) is 15.9. The summed E-state index contributed by atoms with van der Waals surface area (Å²) < 4.78 is 3.68. The van der Waals surface area contributed by atoms with Crippen molar-refractivity contribution in [2.75, 3.05) is 42.9 Å². The Morgan fingerprint density at radius 3 is 2.57 bits per heavy atom. The van der Waals surface area contributed by atoms with Crippen molar-refractivity contribution in [2.45, 2.75) is 44.8 Å². The van der Waals surface area contributed by atoms with Crippen LogP contribution in [0, 0.1) is 0 Å². The molecule has 51 heavy (non-hydrogen) atoms. The van der Waals surface area contributed by atoms with Crippen molar-refractivity contribution < 1.29 is 19.2 Å². The highest BCUT2D eigenvalue weighted by atomic mass is 16.2. The molecule has 0 radical (unpaired) electrons. The number of nitrogens with zero attached hydrogens (tertiary/aromatic N) is 7. The van der Waals surface area contributed by atoms with Gasteiger partial charge in [-0.1, -0.05) is 18.2 Å². The number of anilines is 2. The van der Waals surface area contributed by atoms with Crippen LogP contribution in [0.1, 0.15) is 69.4 Å². The first-order valence-electron chi connectivity index (χ1n) is 17.2. The number of carbonyl (C=O) groups excluding carboxylic acids is 4. The highest BCUT2D eigenvalue weighted by Crippen LogP contribution is 2.27. The molecule has 2 saturated heterocycles. The maximum absolute atomic E-state index is 13.1. The summed E-state index contributed by atoms with van der Waals surface area (Å²) in [5.74, 6) is -1.27. The van der Waals surface area contributed by atoms with E-state index in [1.807, 2.05) is 29.8 Å². The molecule has 0 saturated carbocycles. The van der Waals surface area contributed by atoms with E-state index in [-0.39, 0.29) is 41.3 Å². The summed E-state index contributed by atoms with van der Waals surface area (Å²) in [4.78, 5) is 63.1. The standard InChI is InChI=1S/C37H38N10O4/c1-23-16-39-37(51)32-15-26-4-8-31(42-34(26)47(23)32)36(50)41-28-19-40-46(22-28)21-24-2-5-29(6-3-24)45-12-10-44(11-13-45)20-25-14-27(18-38-17-25)30-7-9-33(48)43-35(30)49/h2-6,8,14-15,17-19,22-23,30H,7,9-13,16,20-21H2,1H3,(H,39,51)(H,41,50)(H,43,48,49)/t23-,30?/m1/s1. The van der Waals surface area contributed by atoms with Crippen molar-refractivity contribution >= 4 is 46.0 Å². The second-order valence-corrected chi connectivity index (χ2v) is 13.5. The summed E-state index contributed by atoms with van der Waals surface area (Å²) in [6.07, 6.45) is 7.87. The molecule has 3 N–H and O–H groups in total. The third-order valence-electron chi connectivity index (χ3n) is 9.92. The monoisotopic (exact) mass is 686 g/mol. The van der Waals surface area contributed by atoms with E-state index in [1.54, 1.807) is 35.4 Å². The third-order valence-corrected chi connectivity index (χ3v) is 9.92. The van der Waals surface area contributed by atoms with Crippen molar-refractivity contribution in [3.8, 4) is 0 Å². The van der Waals surface area contributed by atoms with Gasteiger partial charge < -0.3 is 20.1 Å². The second-order valence-electron chi connectivity index (χ2n) is 13.5. The van der Waals surface area contributed by atoms with E-state index in [1.165, 1.54) is 0 Å². The molecule has 3 aliphatic heterocycles. The molecule has 1 aromatic carbocycles. The average molecular weight is 687 g/mol. The first kappa shape index (κ1) is 32.3. The lowest BCUT2D eigenvalue weighted by Gasteiger charge is -2.36. The molecule has 2 atom stereocenters. The fraction of sp³-hybridized carbons (Fsp3) is 0.324. The lowest BCUT2D eigenvalue weighted by Crippen LogP contribution is -2.46. The lowest BCUT2D eigenvalue weighted by molar-refractivity contribution is -0.134. The lowest BCUT2D eigenvalue weighted by atomic mass is 9.91. The molecule has 4 amide bonds. The van der Waals surface area contributed by atoms with Gasteiger partial charge in [-0.15, -0.1) is 0 Å². The van der Waals surface area contributed by atoms with Gasteiger partial charge in [-0.05, 0) is 60.4 Å². The molecule has 0 aliphatic carbocycles. The zero-order chi connectivity index (χ0) is 35.1. The van der Waals surface area contributed by atoms with Gasteiger partial charge in [0.2, 0.25) is 11.8 Å². The zero-order valence-electron chi connectivity index (χ0n) is 28.2. The van der Waals surface area contributed by atoms with Crippen LogP contribution < -0.4 is 20.9 Å². The summed E-state index contributed by atoms with van der Waals surface area (Å²) in [6.45, 7) is 7.42. The normalized spacial score (nSPS) is 19.5. The molecule has 4 aromatic heterocycles. The highest BCUT2D eigenvalue weighted by Gasteiger charge is 2.29. The molecule has 14 nitrogen and oxygen atoms in total. The van der Waals surface area contributed by atoms with Crippen LogP contribution in [0.15, 0.2) is 73.3 Å². The number of rotatable bonds is 8. The van der Waals surface area contributed by atoms with Crippen LogP contribution >= 0.6 is 0 Å². The van der Waals surface area contributed by atoms with E-state index < -0.39 is 0 Å². The van der Waals surface area contributed by atoms with Crippen LogP contribution in [0.25, 0.3) is 11.0 Å². The van der Waals surface area contributed by atoms with Gasteiger partial charge in [0.1, 0.15) is 17.0 Å². The van der Waals surface area contributed by atoms with Crippen molar-refractivity contribution in [1.82, 2.24) is 39.8 Å². The van der Waals surface area contributed by atoms with Crippen LogP contribution in [0.4, 0.5) is 11.4 Å². The number of hydrogen-bond donors (Lipinski definition) is 3. The molecular weight excluding hydrogens is 648 g/mol. The topological polar surface area (TPSA) is 159 Å². The molecule has 8 rings (SSSR count). The average Bonchev–Trinajstić information content (AvgIpc) is 3.75. The Morgan fingerprint density at radius 2 is 1.76 bits per heavy atom. The van der Waals surface area contributed by atoms with Crippen LogP contribution in [0.2, 0.25) is 0 Å².